The summed E-state index contributed by atoms with van der Waals surface area (Å²) in [6.45, 7) is 2.07. The van der Waals surface area contributed by atoms with Crippen molar-refractivity contribution >= 4 is 29.0 Å². The van der Waals surface area contributed by atoms with E-state index in [0.29, 0.717) is 17.1 Å². The van der Waals surface area contributed by atoms with E-state index in [9.17, 15) is 9.59 Å². The Morgan fingerprint density at radius 3 is 2.36 bits per heavy atom. The van der Waals surface area contributed by atoms with E-state index < -0.39 is 0 Å². The van der Waals surface area contributed by atoms with Gasteiger partial charge in [0.25, 0.3) is 0 Å². The fourth-order valence-corrected chi connectivity index (χ4v) is 2.11. The Kier molecular flexibility index (Phi) is 5.55. The van der Waals surface area contributed by atoms with Crippen LogP contribution in [0.4, 0.5) is 5.69 Å². The van der Waals surface area contributed by atoms with E-state index in [1.54, 1.807) is 30.3 Å². The van der Waals surface area contributed by atoms with Crippen molar-refractivity contribution in [3.63, 3.8) is 0 Å². The maximum Gasteiger partial charge on any atom is 0.239 e. The highest BCUT2D eigenvalue weighted by Gasteiger charge is 2.04. The summed E-state index contributed by atoms with van der Waals surface area (Å²) in [6.07, 6.45) is 0. The third kappa shape index (κ3) is 4.60. The quantitative estimate of drug-likeness (QED) is 0.804. The van der Waals surface area contributed by atoms with E-state index in [-0.39, 0.29) is 18.2 Å². The van der Waals surface area contributed by atoms with Crippen molar-refractivity contribution in [1.29, 1.82) is 0 Å². The molecule has 0 aliphatic rings. The van der Waals surface area contributed by atoms with Gasteiger partial charge in [-0.25, -0.2) is 0 Å². The van der Waals surface area contributed by atoms with Crippen molar-refractivity contribution in [3.8, 4) is 0 Å². The first-order valence-corrected chi connectivity index (χ1v) is 7.29. The number of Topliss-reactive ketones (excluding diaryl/α,β-unsaturated/α-hetero) is 1. The highest BCUT2D eigenvalue weighted by molar-refractivity contribution is 6.31. The van der Waals surface area contributed by atoms with E-state index >= 15 is 0 Å². The van der Waals surface area contributed by atoms with E-state index in [1.807, 2.05) is 18.2 Å². The Bertz CT molecular complexity index is 669. The number of ketones is 1. The Morgan fingerprint density at radius 2 is 1.73 bits per heavy atom. The lowest BCUT2D eigenvalue weighted by atomic mass is 10.1. The molecular weight excluding hydrogens is 300 g/mol. The maximum atomic E-state index is 11.8. The van der Waals surface area contributed by atoms with Gasteiger partial charge in [-0.15, -0.1) is 0 Å². The van der Waals surface area contributed by atoms with E-state index in [1.165, 1.54) is 6.92 Å². The Hall–Kier alpha value is -2.33. The van der Waals surface area contributed by atoms with Crippen LogP contribution >= 0.6 is 11.6 Å². The molecule has 0 aliphatic heterocycles. The van der Waals surface area contributed by atoms with Crippen LogP contribution < -0.4 is 10.6 Å². The number of carbonyl (C=O) groups is 2. The van der Waals surface area contributed by atoms with Gasteiger partial charge >= 0.3 is 0 Å². The monoisotopic (exact) mass is 316 g/mol. The number of nitrogens with one attached hydrogen (secondary N) is 2. The van der Waals surface area contributed by atoms with Gasteiger partial charge in [-0.1, -0.05) is 29.8 Å². The van der Waals surface area contributed by atoms with Crippen molar-refractivity contribution in [2.24, 2.45) is 0 Å². The molecule has 5 heteroatoms. The molecule has 0 aliphatic carbocycles. The van der Waals surface area contributed by atoms with E-state index in [2.05, 4.69) is 10.6 Å². The molecular formula is C17H17ClN2O2. The number of benzene rings is 2. The van der Waals surface area contributed by atoms with Crippen LogP contribution in [0.5, 0.6) is 0 Å². The molecule has 2 aromatic carbocycles. The first kappa shape index (κ1) is 16.0. The normalized spacial score (nSPS) is 10.1. The molecule has 0 aromatic heterocycles. The first-order chi connectivity index (χ1) is 10.6. The predicted molar refractivity (Wildman–Crippen MR) is 88.2 cm³/mol. The molecule has 0 radical (unpaired) electrons. The third-order valence-electron chi connectivity index (χ3n) is 3.18. The average Bonchev–Trinajstić information content (AvgIpc) is 2.52. The number of hydrogen-bond acceptors (Lipinski definition) is 3. The van der Waals surface area contributed by atoms with Crippen LogP contribution in [-0.2, 0) is 11.3 Å². The van der Waals surface area contributed by atoms with Crippen molar-refractivity contribution in [2.75, 3.05) is 11.9 Å². The zero-order chi connectivity index (χ0) is 15.9. The molecule has 1 amide bonds. The van der Waals surface area contributed by atoms with Gasteiger partial charge in [0.1, 0.15) is 0 Å². The number of carbonyl (C=O) groups excluding carboxylic acids is 2. The van der Waals surface area contributed by atoms with Crippen molar-refractivity contribution in [2.45, 2.75) is 13.5 Å². The van der Waals surface area contributed by atoms with Gasteiger partial charge < -0.3 is 10.6 Å². The lowest BCUT2D eigenvalue weighted by Gasteiger charge is -2.09. The second-order valence-corrected chi connectivity index (χ2v) is 5.26. The van der Waals surface area contributed by atoms with Gasteiger partial charge in [-0.3, -0.25) is 9.59 Å². The van der Waals surface area contributed by atoms with Crippen LogP contribution in [0.2, 0.25) is 5.02 Å². The SMILES string of the molecule is CC(=O)c1ccc(NCC(=O)NCc2ccccc2Cl)cc1. The Morgan fingerprint density at radius 1 is 1.05 bits per heavy atom. The summed E-state index contributed by atoms with van der Waals surface area (Å²) in [5.74, 6) is -0.111. The van der Waals surface area contributed by atoms with Crippen molar-refractivity contribution in [1.82, 2.24) is 5.32 Å². The first-order valence-electron chi connectivity index (χ1n) is 6.91. The van der Waals surface area contributed by atoms with Gasteiger partial charge in [0.2, 0.25) is 5.91 Å². The summed E-state index contributed by atoms with van der Waals surface area (Å²) in [4.78, 5) is 23.0. The number of hydrogen-bond donors (Lipinski definition) is 2. The largest absolute Gasteiger partial charge is 0.376 e. The van der Waals surface area contributed by atoms with E-state index in [4.69, 9.17) is 11.6 Å². The van der Waals surface area contributed by atoms with Crippen LogP contribution in [0.1, 0.15) is 22.8 Å². The number of anilines is 1. The van der Waals surface area contributed by atoms with Crippen molar-refractivity contribution in [3.05, 3.63) is 64.7 Å². The maximum absolute atomic E-state index is 11.8. The van der Waals surface area contributed by atoms with Gasteiger partial charge in [0, 0.05) is 22.8 Å². The summed E-state index contributed by atoms with van der Waals surface area (Å²) in [5, 5.41) is 6.44. The molecule has 0 spiro atoms. The molecule has 4 nitrogen and oxygen atoms in total. The lowest BCUT2D eigenvalue weighted by molar-refractivity contribution is -0.119. The van der Waals surface area contributed by atoms with Crippen LogP contribution in [0, 0.1) is 0 Å². The summed E-state index contributed by atoms with van der Waals surface area (Å²) in [5.41, 5.74) is 2.31. The van der Waals surface area contributed by atoms with Crippen LogP contribution in [0.3, 0.4) is 0 Å². The van der Waals surface area contributed by atoms with Crippen LogP contribution in [0.15, 0.2) is 48.5 Å². The second-order valence-electron chi connectivity index (χ2n) is 4.86. The zero-order valence-electron chi connectivity index (χ0n) is 12.2. The molecule has 114 valence electrons. The minimum atomic E-state index is -0.129. The lowest BCUT2D eigenvalue weighted by Crippen LogP contribution is -2.29. The zero-order valence-corrected chi connectivity index (χ0v) is 13.0. The molecule has 2 aromatic rings. The molecule has 22 heavy (non-hydrogen) atoms. The predicted octanol–water partition coefficient (Wildman–Crippen LogP) is 3.27. The Balaban J connectivity index is 1.80. The summed E-state index contributed by atoms with van der Waals surface area (Å²) < 4.78 is 0. The summed E-state index contributed by atoms with van der Waals surface area (Å²) >= 11 is 6.03. The number of rotatable bonds is 6. The van der Waals surface area contributed by atoms with Crippen LogP contribution in [0.25, 0.3) is 0 Å². The van der Waals surface area contributed by atoms with Crippen molar-refractivity contribution < 1.29 is 9.59 Å². The van der Waals surface area contributed by atoms with Gasteiger partial charge in [-0.2, -0.15) is 0 Å². The van der Waals surface area contributed by atoms with E-state index in [0.717, 1.165) is 11.3 Å². The molecule has 0 unspecified atom stereocenters. The number of amides is 1. The summed E-state index contributed by atoms with van der Waals surface area (Å²) in [7, 11) is 0. The minimum absolute atomic E-state index is 0.0176. The van der Waals surface area contributed by atoms with Crippen LogP contribution in [-0.4, -0.2) is 18.2 Å². The standard InChI is InChI=1S/C17H17ClN2O2/c1-12(21)13-6-8-15(9-7-13)19-11-17(22)20-10-14-4-2-3-5-16(14)18/h2-9,19H,10-11H2,1H3,(H,20,22). The molecule has 0 bridgehead atoms. The van der Waals surface area contributed by atoms with Gasteiger partial charge in [0.15, 0.2) is 5.78 Å². The highest BCUT2D eigenvalue weighted by Crippen LogP contribution is 2.14. The summed E-state index contributed by atoms with van der Waals surface area (Å²) in [6, 6.07) is 14.4. The number of halogens is 1. The fourth-order valence-electron chi connectivity index (χ4n) is 1.90. The molecule has 0 fully saturated rings. The minimum Gasteiger partial charge on any atom is -0.376 e. The topological polar surface area (TPSA) is 58.2 Å². The molecule has 0 saturated carbocycles. The molecule has 0 saturated heterocycles. The second kappa shape index (κ2) is 7.61. The molecule has 2 rings (SSSR count). The Labute approximate surface area is 134 Å². The van der Waals surface area contributed by atoms with Gasteiger partial charge in [0.05, 0.1) is 6.54 Å². The average molecular weight is 317 g/mol. The smallest absolute Gasteiger partial charge is 0.239 e. The van der Waals surface area contributed by atoms with Gasteiger partial charge in [-0.05, 0) is 42.8 Å². The molecule has 0 atom stereocenters. The highest BCUT2D eigenvalue weighted by atomic mass is 35.5. The third-order valence-corrected chi connectivity index (χ3v) is 3.55. The molecule has 0 heterocycles. The fraction of sp³-hybridized carbons (Fsp3) is 0.176. The molecule has 2 N–H and O–H groups in total.